The van der Waals surface area contributed by atoms with E-state index in [9.17, 15) is 28.1 Å². The van der Waals surface area contributed by atoms with E-state index in [-0.39, 0.29) is 41.6 Å². The van der Waals surface area contributed by atoms with Gasteiger partial charge in [-0.1, -0.05) is 0 Å². The number of carbonyl (C=O) groups is 1. The Balaban J connectivity index is 1.29. The van der Waals surface area contributed by atoms with Crippen LogP contribution in [0.3, 0.4) is 0 Å². The SMILES string of the molecule is O=C(NCCCn1nc(C(F)(F)F)cc1C1CC1)c1ccc(Cn2cc(Br)c([N+](=O)[O-])n2)o1. The lowest BCUT2D eigenvalue weighted by atomic mass is 10.2. The second-order valence-electron chi connectivity index (χ2n) is 7.58. The second-order valence-corrected chi connectivity index (χ2v) is 8.43. The first-order valence-electron chi connectivity index (χ1n) is 10.0. The summed E-state index contributed by atoms with van der Waals surface area (Å²) >= 11 is 3.06. The molecule has 0 bridgehead atoms. The van der Waals surface area contributed by atoms with Crippen LogP contribution in [-0.2, 0) is 19.3 Å². The number of alkyl halides is 3. The van der Waals surface area contributed by atoms with Crippen molar-refractivity contribution in [3.05, 3.63) is 61.9 Å². The maximum atomic E-state index is 13.0. The number of halogens is 4. The number of nitrogens with zero attached hydrogens (tertiary/aromatic N) is 5. The molecule has 3 aromatic heterocycles. The highest BCUT2D eigenvalue weighted by Gasteiger charge is 2.37. The van der Waals surface area contributed by atoms with Gasteiger partial charge in [0, 0.05) is 24.7 Å². The molecule has 3 aromatic rings. The van der Waals surface area contributed by atoms with Crippen molar-refractivity contribution in [2.24, 2.45) is 0 Å². The van der Waals surface area contributed by atoms with Gasteiger partial charge in [0.25, 0.3) is 5.91 Å². The van der Waals surface area contributed by atoms with Crippen molar-refractivity contribution in [1.82, 2.24) is 24.9 Å². The molecule has 0 aromatic carbocycles. The van der Waals surface area contributed by atoms with Crippen LogP contribution in [0.5, 0.6) is 0 Å². The number of carbonyl (C=O) groups excluding carboxylic acids is 1. The van der Waals surface area contributed by atoms with Crippen LogP contribution in [0, 0.1) is 10.1 Å². The fraction of sp³-hybridized carbons (Fsp3) is 0.421. The molecule has 10 nitrogen and oxygen atoms in total. The molecule has 0 aliphatic heterocycles. The third-order valence-corrected chi connectivity index (χ3v) is 5.56. The fourth-order valence-electron chi connectivity index (χ4n) is 3.31. The molecule has 1 amide bonds. The average molecular weight is 531 g/mol. The first-order valence-corrected chi connectivity index (χ1v) is 10.8. The summed E-state index contributed by atoms with van der Waals surface area (Å²) < 4.78 is 47.3. The molecule has 1 aliphatic rings. The smallest absolute Gasteiger partial charge is 0.435 e. The Kier molecular flexibility index (Phi) is 6.28. The molecule has 1 saturated carbocycles. The fourth-order valence-corrected chi connectivity index (χ4v) is 3.77. The monoisotopic (exact) mass is 530 g/mol. The quantitative estimate of drug-likeness (QED) is 0.252. The van der Waals surface area contributed by atoms with Crippen LogP contribution in [0.4, 0.5) is 19.0 Å². The number of amides is 1. The highest BCUT2D eigenvalue weighted by molar-refractivity contribution is 9.10. The molecule has 14 heteroatoms. The minimum Gasteiger partial charge on any atom is -0.454 e. The second kappa shape index (κ2) is 9.00. The zero-order valence-corrected chi connectivity index (χ0v) is 18.6. The Morgan fingerprint density at radius 3 is 2.73 bits per heavy atom. The lowest BCUT2D eigenvalue weighted by Gasteiger charge is -2.07. The number of furan rings is 1. The Morgan fingerprint density at radius 1 is 1.33 bits per heavy atom. The van der Waals surface area contributed by atoms with E-state index in [2.05, 4.69) is 31.4 Å². The largest absolute Gasteiger partial charge is 0.454 e. The molecular formula is C19H18BrF3N6O4. The lowest BCUT2D eigenvalue weighted by molar-refractivity contribution is -0.390. The van der Waals surface area contributed by atoms with Gasteiger partial charge in [0.1, 0.15) is 16.8 Å². The van der Waals surface area contributed by atoms with Gasteiger partial charge in [0.05, 0.1) is 11.3 Å². The van der Waals surface area contributed by atoms with E-state index in [0.717, 1.165) is 18.9 Å². The highest BCUT2D eigenvalue weighted by atomic mass is 79.9. The summed E-state index contributed by atoms with van der Waals surface area (Å²) in [6, 6.07) is 4.12. The number of nitro groups is 1. The summed E-state index contributed by atoms with van der Waals surface area (Å²) in [4.78, 5) is 22.5. The molecule has 0 unspecified atom stereocenters. The lowest BCUT2D eigenvalue weighted by Crippen LogP contribution is -2.25. The number of hydrogen-bond donors (Lipinski definition) is 1. The standard InChI is InChI=1S/C19H18BrF3N6O4/c20-13-10-27(26-17(13)29(31)32)9-12-4-5-15(33-12)18(30)24-6-1-7-28-14(11-2-3-11)8-16(25-28)19(21,22)23/h4-5,8,10-11H,1-3,6-7,9H2,(H,24,30). The summed E-state index contributed by atoms with van der Waals surface area (Å²) in [6.45, 7) is 0.557. The average Bonchev–Trinajstić information content (AvgIpc) is 3.14. The van der Waals surface area contributed by atoms with Crippen LogP contribution < -0.4 is 5.32 Å². The molecule has 0 saturated heterocycles. The van der Waals surface area contributed by atoms with Gasteiger partial charge < -0.3 is 19.8 Å². The van der Waals surface area contributed by atoms with Crippen LogP contribution in [0.2, 0.25) is 0 Å². The minimum absolute atomic E-state index is 0.0443. The number of aryl methyl sites for hydroxylation is 1. The molecule has 1 fully saturated rings. The predicted octanol–water partition coefficient (Wildman–Crippen LogP) is 4.11. The molecule has 0 radical (unpaired) electrons. The number of hydrogen-bond acceptors (Lipinski definition) is 6. The van der Waals surface area contributed by atoms with Gasteiger partial charge in [0.15, 0.2) is 11.5 Å². The molecule has 3 heterocycles. The van der Waals surface area contributed by atoms with Crippen molar-refractivity contribution in [2.45, 2.75) is 44.4 Å². The van der Waals surface area contributed by atoms with Crippen molar-refractivity contribution >= 4 is 27.7 Å². The van der Waals surface area contributed by atoms with Crippen LogP contribution in [0.1, 0.15) is 52.9 Å². The van der Waals surface area contributed by atoms with Gasteiger partial charge in [-0.3, -0.25) is 9.48 Å². The number of nitrogens with one attached hydrogen (secondary N) is 1. The predicted molar refractivity (Wildman–Crippen MR) is 111 cm³/mol. The van der Waals surface area contributed by atoms with E-state index in [4.69, 9.17) is 4.42 Å². The Bertz CT molecular complexity index is 1180. The third kappa shape index (κ3) is 5.43. The van der Waals surface area contributed by atoms with Crippen molar-refractivity contribution < 1.29 is 27.3 Å². The molecule has 1 N–H and O–H groups in total. The van der Waals surface area contributed by atoms with E-state index in [1.807, 2.05) is 0 Å². The van der Waals surface area contributed by atoms with Gasteiger partial charge >= 0.3 is 12.0 Å². The molecule has 33 heavy (non-hydrogen) atoms. The highest BCUT2D eigenvalue weighted by Crippen LogP contribution is 2.42. The van der Waals surface area contributed by atoms with Crippen molar-refractivity contribution in [2.75, 3.05) is 6.54 Å². The van der Waals surface area contributed by atoms with E-state index in [1.54, 1.807) is 6.07 Å². The van der Waals surface area contributed by atoms with Gasteiger partial charge in [-0.2, -0.15) is 23.0 Å². The Labute approximate surface area is 193 Å². The van der Waals surface area contributed by atoms with Crippen molar-refractivity contribution in [3.8, 4) is 0 Å². The Hall–Kier alpha value is -3.16. The maximum absolute atomic E-state index is 13.0. The van der Waals surface area contributed by atoms with Crippen LogP contribution in [0.25, 0.3) is 0 Å². The molecule has 0 spiro atoms. The van der Waals surface area contributed by atoms with E-state index in [1.165, 1.54) is 21.6 Å². The number of rotatable bonds is 9. The van der Waals surface area contributed by atoms with Gasteiger partial charge in [0.2, 0.25) is 0 Å². The number of aromatic nitrogens is 4. The maximum Gasteiger partial charge on any atom is 0.435 e. The molecular weight excluding hydrogens is 513 g/mol. The van der Waals surface area contributed by atoms with Gasteiger partial charge in [-0.05, 0) is 58.3 Å². The minimum atomic E-state index is -4.49. The summed E-state index contributed by atoms with van der Waals surface area (Å²) in [7, 11) is 0. The molecule has 176 valence electrons. The summed E-state index contributed by atoms with van der Waals surface area (Å²) in [5.41, 5.74) is -0.319. The van der Waals surface area contributed by atoms with E-state index in [0.29, 0.717) is 17.9 Å². The first-order chi connectivity index (χ1) is 15.6. The van der Waals surface area contributed by atoms with Crippen molar-refractivity contribution in [1.29, 1.82) is 0 Å². The molecule has 4 rings (SSSR count). The first kappa shape index (κ1) is 23.0. The van der Waals surface area contributed by atoms with E-state index < -0.39 is 22.7 Å². The zero-order valence-electron chi connectivity index (χ0n) is 17.0. The topological polar surface area (TPSA) is 121 Å². The van der Waals surface area contributed by atoms with E-state index >= 15 is 0 Å². The zero-order chi connectivity index (χ0) is 23.8. The van der Waals surface area contributed by atoms with Crippen LogP contribution in [-0.4, -0.2) is 36.9 Å². The van der Waals surface area contributed by atoms with Crippen LogP contribution >= 0.6 is 15.9 Å². The van der Waals surface area contributed by atoms with Gasteiger partial charge in [-0.25, -0.2) is 0 Å². The van der Waals surface area contributed by atoms with Gasteiger partial charge in [-0.15, -0.1) is 0 Å². The normalized spacial score (nSPS) is 13.9. The summed E-state index contributed by atoms with van der Waals surface area (Å²) in [5.74, 6) is -0.281. The molecule has 0 atom stereocenters. The summed E-state index contributed by atoms with van der Waals surface area (Å²) in [5, 5.41) is 21.0. The third-order valence-electron chi connectivity index (χ3n) is 5.00. The summed E-state index contributed by atoms with van der Waals surface area (Å²) in [6.07, 6.45) is -0.969. The van der Waals surface area contributed by atoms with Crippen molar-refractivity contribution in [3.63, 3.8) is 0 Å². The molecule has 1 aliphatic carbocycles. The Morgan fingerprint density at radius 2 is 2.09 bits per heavy atom. The van der Waals surface area contributed by atoms with Crippen LogP contribution in [0.15, 0.2) is 33.3 Å².